The van der Waals surface area contributed by atoms with Crippen molar-refractivity contribution in [3.05, 3.63) is 0 Å². The van der Waals surface area contributed by atoms with Crippen LogP contribution < -0.4 is 0 Å². The summed E-state index contributed by atoms with van der Waals surface area (Å²) >= 11 is 0. The Bertz CT molecular complexity index is 609. The second-order valence-electron chi connectivity index (χ2n) is 8.13. The van der Waals surface area contributed by atoms with Crippen molar-refractivity contribution in [2.75, 3.05) is 13.4 Å². The van der Waals surface area contributed by atoms with E-state index in [9.17, 15) is 9.59 Å². The highest BCUT2D eigenvalue weighted by Crippen LogP contribution is 2.49. The molecule has 2 unspecified atom stereocenters. The minimum atomic E-state index is -1.46. The van der Waals surface area contributed by atoms with Crippen LogP contribution >= 0.6 is 8.53 Å². The second-order valence-corrected chi connectivity index (χ2v) is 9.54. The first-order chi connectivity index (χ1) is 14.6. The maximum Gasteiger partial charge on any atom is 0.308 e. The molecule has 0 bridgehead atoms. The lowest BCUT2D eigenvalue weighted by molar-refractivity contribution is -0.165. The fourth-order valence-electron chi connectivity index (χ4n) is 3.33. The number of Topliss-reactive ketones (excluding diaryl/α,β-unsaturated/α-hetero) is 1. The lowest BCUT2D eigenvalue weighted by Gasteiger charge is -2.38. The molecule has 0 radical (unpaired) electrons. The van der Waals surface area contributed by atoms with E-state index in [0.717, 1.165) is 0 Å². The summed E-state index contributed by atoms with van der Waals surface area (Å²) in [4.78, 5) is 22.7. The average molecular weight is 458 g/mol. The molecule has 176 valence electrons. The molecular weight excluding hydrogens is 422 g/mol. The zero-order valence-corrected chi connectivity index (χ0v) is 20.6. The molecule has 0 aliphatic carbocycles. The van der Waals surface area contributed by atoms with Crippen LogP contribution in [0.2, 0.25) is 0 Å². The first kappa shape index (κ1) is 28.0. The number of nitriles is 1. The Labute approximate surface area is 188 Å². The van der Waals surface area contributed by atoms with E-state index in [1.165, 1.54) is 6.92 Å². The van der Waals surface area contributed by atoms with E-state index < -0.39 is 26.7 Å². The molecule has 1 aliphatic heterocycles. The van der Waals surface area contributed by atoms with Crippen LogP contribution in [0, 0.1) is 11.3 Å². The Morgan fingerprint density at radius 3 is 2.39 bits per heavy atom. The van der Waals surface area contributed by atoms with E-state index in [0.29, 0.717) is 0 Å². The third-order valence-electron chi connectivity index (χ3n) is 4.71. The normalized spacial score (nSPS) is 24.5. The van der Waals surface area contributed by atoms with Crippen molar-refractivity contribution in [2.24, 2.45) is 0 Å². The molecule has 0 aromatic carbocycles. The van der Waals surface area contributed by atoms with Gasteiger partial charge >= 0.3 is 5.97 Å². The summed E-state index contributed by atoms with van der Waals surface area (Å²) in [5, 5.41) is 8.87. The van der Waals surface area contributed by atoms with Crippen molar-refractivity contribution in [3.8, 4) is 6.07 Å². The zero-order valence-electron chi connectivity index (χ0n) is 19.7. The monoisotopic (exact) mass is 458 g/mol. The van der Waals surface area contributed by atoms with Gasteiger partial charge in [-0.3, -0.25) is 4.79 Å². The molecule has 1 heterocycles. The van der Waals surface area contributed by atoms with E-state index >= 15 is 0 Å². The summed E-state index contributed by atoms with van der Waals surface area (Å²) in [6, 6.07) is 2.16. The summed E-state index contributed by atoms with van der Waals surface area (Å²) in [5.74, 6) is -0.553. The quantitative estimate of drug-likeness (QED) is 0.127. The van der Waals surface area contributed by atoms with Crippen LogP contribution in [0.3, 0.4) is 0 Å². The van der Waals surface area contributed by atoms with Crippen LogP contribution in [0.5, 0.6) is 0 Å². The van der Waals surface area contributed by atoms with Crippen molar-refractivity contribution in [2.45, 2.75) is 97.2 Å². The molecule has 0 N–H and O–H groups in total. The molecule has 31 heavy (non-hydrogen) atoms. The van der Waals surface area contributed by atoms with Gasteiger partial charge in [-0.05, 0) is 41.5 Å². The van der Waals surface area contributed by atoms with E-state index in [1.807, 2.05) is 14.8 Å². The maximum absolute atomic E-state index is 11.7. The lowest BCUT2D eigenvalue weighted by atomic mass is 9.93. The number of carbonyl (C=O) groups excluding carboxylic acids is 2. The molecule has 11 heteroatoms. The number of hydrogen-bond donors (Lipinski definition) is 0. The van der Waals surface area contributed by atoms with Gasteiger partial charge in [-0.1, -0.05) is 0 Å². The predicted molar refractivity (Wildman–Crippen MR) is 119 cm³/mol. The minimum Gasteiger partial charge on any atom is -0.438 e. The van der Waals surface area contributed by atoms with Gasteiger partial charge in [0, 0.05) is 18.5 Å². The predicted octanol–water partition coefficient (Wildman–Crippen LogP) is 2.28. The standard InChI is InChI=1S/C20H36BN2O7P/c1-13(2)23(14(3)4)31(28-11-7-10-22)30-18-16(6)29-20(21)19(18)27-12-26-17(25)9-8-15(5)24/h13-14,16,18-20H,7-9,11-12,21H2,1-6H3/t16-,18?,19+,20-,31?/m1/s1. The van der Waals surface area contributed by atoms with Crippen molar-refractivity contribution in [3.63, 3.8) is 0 Å². The number of hydrogen-bond acceptors (Lipinski definition) is 9. The van der Waals surface area contributed by atoms with Crippen LogP contribution in [0.25, 0.3) is 0 Å². The van der Waals surface area contributed by atoms with Gasteiger partial charge in [0.2, 0.25) is 0 Å². The van der Waals surface area contributed by atoms with Gasteiger partial charge in [-0.25, -0.2) is 4.67 Å². The summed E-state index contributed by atoms with van der Waals surface area (Å²) in [6.45, 7) is 11.6. The Morgan fingerprint density at radius 1 is 1.19 bits per heavy atom. The molecule has 9 nitrogen and oxygen atoms in total. The van der Waals surface area contributed by atoms with Crippen LogP contribution in [0.15, 0.2) is 0 Å². The minimum absolute atomic E-state index is 0.0293. The molecule has 1 aliphatic rings. The fourth-order valence-corrected chi connectivity index (χ4v) is 5.14. The number of ether oxygens (including phenoxy) is 3. The van der Waals surface area contributed by atoms with Gasteiger partial charge in [0.1, 0.15) is 25.8 Å². The van der Waals surface area contributed by atoms with Crippen molar-refractivity contribution < 1.29 is 32.8 Å². The number of esters is 1. The molecule has 0 amide bonds. The molecule has 0 spiro atoms. The van der Waals surface area contributed by atoms with Crippen LogP contribution in [-0.2, 0) is 32.8 Å². The third kappa shape index (κ3) is 9.52. The first-order valence-electron chi connectivity index (χ1n) is 10.8. The van der Waals surface area contributed by atoms with Gasteiger partial charge in [-0.2, -0.15) is 5.26 Å². The molecule has 1 saturated heterocycles. The topological polar surface area (TPSA) is 107 Å². The van der Waals surface area contributed by atoms with Crippen LogP contribution in [-0.4, -0.2) is 74.1 Å². The summed E-state index contributed by atoms with van der Waals surface area (Å²) < 4.78 is 31.3. The van der Waals surface area contributed by atoms with Gasteiger partial charge in [0.05, 0.1) is 37.6 Å². The van der Waals surface area contributed by atoms with Crippen LogP contribution in [0.1, 0.15) is 60.8 Å². The van der Waals surface area contributed by atoms with Gasteiger partial charge < -0.3 is 28.1 Å². The molecule has 0 saturated carbocycles. The zero-order chi connectivity index (χ0) is 23.6. The maximum atomic E-state index is 11.7. The molecule has 0 aromatic heterocycles. The Balaban J connectivity index is 2.81. The number of rotatable bonds is 14. The van der Waals surface area contributed by atoms with Crippen molar-refractivity contribution in [1.82, 2.24) is 4.67 Å². The second kappa shape index (κ2) is 14.2. The molecule has 0 aromatic rings. The number of nitrogens with zero attached hydrogens (tertiary/aromatic N) is 2. The molecule has 5 atom stereocenters. The molecular formula is C20H36BN2O7P. The third-order valence-corrected chi connectivity index (χ3v) is 6.84. The Hall–Kier alpha value is -1.08. The Kier molecular flexibility index (Phi) is 12.8. The van der Waals surface area contributed by atoms with E-state index in [1.54, 1.807) is 0 Å². The first-order valence-corrected chi connectivity index (χ1v) is 11.9. The highest BCUT2D eigenvalue weighted by Gasteiger charge is 2.45. The highest BCUT2D eigenvalue weighted by atomic mass is 31.2. The molecule has 1 rings (SSSR count). The Morgan fingerprint density at radius 2 is 1.84 bits per heavy atom. The summed E-state index contributed by atoms with van der Waals surface area (Å²) in [6.07, 6.45) is -0.689. The SMILES string of the molecule is B[C@@H]1O[C@H](C)C(OP(OCCC#N)N(C(C)C)C(C)C)[C@@H]1OCOC(=O)CCC(C)=O. The molecule has 1 fully saturated rings. The van der Waals surface area contributed by atoms with Crippen molar-refractivity contribution in [1.29, 1.82) is 5.26 Å². The smallest absolute Gasteiger partial charge is 0.308 e. The van der Waals surface area contributed by atoms with Crippen LogP contribution in [0.4, 0.5) is 0 Å². The number of ketones is 1. The van der Waals surface area contributed by atoms with Gasteiger partial charge in [0.15, 0.2) is 6.79 Å². The summed E-state index contributed by atoms with van der Waals surface area (Å²) in [5.41, 5.74) is 0. The lowest BCUT2D eigenvalue weighted by Crippen LogP contribution is -2.40. The highest BCUT2D eigenvalue weighted by molar-refractivity contribution is 7.44. The summed E-state index contributed by atoms with van der Waals surface area (Å²) in [7, 11) is 0.417. The fraction of sp³-hybridized carbons (Fsp3) is 0.850. The average Bonchev–Trinajstić information content (AvgIpc) is 2.92. The largest absolute Gasteiger partial charge is 0.438 e. The van der Waals surface area contributed by atoms with Gasteiger partial charge in [-0.15, -0.1) is 0 Å². The van der Waals surface area contributed by atoms with E-state index in [-0.39, 0.29) is 62.6 Å². The van der Waals surface area contributed by atoms with E-state index in [4.69, 9.17) is 28.5 Å². The van der Waals surface area contributed by atoms with Crippen molar-refractivity contribution >= 4 is 28.1 Å². The van der Waals surface area contributed by atoms with Gasteiger partial charge in [0.25, 0.3) is 8.53 Å². The van der Waals surface area contributed by atoms with E-state index in [2.05, 4.69) is 38.4 Å². The number of carbonyl (C=O) groups is 2.